The van der Waals surface area contributed by atoms with E-state index in [9.17, 15) is 8.78 Å². The minimum atomic E-state index is -0.599. The van der Waals surface area contributed by atoms with E-state index in [2.05, 4.69) is 5.10 Å². The lowest BCUT2D eigenvalue weighted by Crippen LogP contribution is -1.97. The van der Waals surface area contributed by atoms with E-state index in [1.807, 2.05) is 0 Å². The summed E-state index contributed by atoms with van der Waals surface area (Å²) in [6.45, 7) is 1.39. The fourth-order valence-electron chi connectivity index (χ4n) is 1.47. The van der Waals surface area contributed by atoms with Gasteiger partial charge >= 0.3 is 0 Å². The van der Waals surface area contributed by atoms with Gasteiger partial charge in [-0.15, -0.1) is 0 Å². The summed E-state index contributed by atoms with van der Waals surface area (Å²) in [5.74, 6) is -0.736. The molecular weight excluding hydrogens is 212 g/mol. The standard InChI is InChI=1S/C11H11F2N3/c1-6-8(12)4-3-7(11(6)13)9-5-10(14)16(2)15-9/h3-5H,14H2,1-2H3. The van der Waals surface area contributed by atoms with Crippen LogP contribution in [0.1, 0.15) is 5.56 Å². The first-order valence-corrected chi connectivity index (χ1v) is 4.75. The second-order valence-corrected chi connectivity index (χ2v) is 3.61. The maximum atomic E-state index is 13.8. The molecule has 2 rings (SSSR count). The summed E-state index contributed by atoms with van der Waals surface area (Å²) in [4.78, 5) is 0. The van der Waals surface area contributed by atoms with Crippen molar-refractivity contribution in [2.24, 2.45) is 7.05 Å². The van der Waals surface area contributed by atoms with Crippen LogP contribution in [0.3, 0.4) is 0 Å². The molecule has 1 aromatic heterocycles. The quantitative estimate of drug-likeness (QED) is 0.805. The molecule has 0 bridgehead atoms. The number of halogens is 2. The molecule has 0 aliphatic heterocycles. The van der Waals surface area contributed by atoms with Gasteiger partial charge in [-0.05, 0) is 19.1 Å². The molecule has 0 unspecified atom stereocenters. The summed E-state index contributed by atoms with van der Waals surface area (Å²) in [6.07, 6.45) is 0. The fourth-order valence-corrected chi connectivity index (χ4v) is 1.47. The van der Waals surface area contributed by atoms with Crippen LogP contribution >= 0.6 is 0 Å². The number of nitrogen functional groups attached to an aromatic ring is 1. The van der Waals surface area contributed by atoms with Gasteiger partial charge in [-0.25, -0.2) is 8.78 Å². The second-order valence-electron chi connectivity index (χ2n) is 3.61. The van der Waals surface area contributed by atoms with E-state index in [0.717, 1.165) is 0 Å². The van der Waals surface area contributed by atoms with Crippen LogP contribution in [0.4, 0.5) is 14.6 Å². The van der Waals surface area contributed by atoms with Crippen LogP contribution in [-0.4, -0.2) is 9.78 Å². The number of hydrogen-bond acceptors (Lipinski definition) is 2. The maximum absolute atomic E-state index is 13.8. The molecule has 0 aliphatic rings. The van der Waals surface area contributed by atoms with E-state index < -0.39 is 11.6 Å². The highest BCUT2D eigenvalue weighted by Gasteiger charge is 2.14. The third-order valence-electron chi connectivity index (χ3n) is 2.51. The molecule has 0 spiro atoms. The minimum absolute atomic E-state index is 0.0123. The van der Waals surface area contributed by atoms with E-state index in [4.69, 9.17) is 5.73 Å². The number of aryl methyl sites for hydroxylation is 1. The molecular formula is C11H11F2N3. The summed E-state index contributed by atoms with van der Waals surface area (Å²) in [5.41, 5.74) is 6.25. The SMILES string of the molecule is Cc1c(F)ccc(-c2cc(N)n(C)n2)c1F. The Morgan fingerprint density at radius 3 is 2.56 bits per heavy atom. The van der Waals surface area contributed by atoms with Crippen molar-refractivity contribution in [3.63, 3.8) is 0 Å². The number of rotatable bonds is 1. The zero-order valence-electron chi connectivity index (χ0n) is 8.96. The molecule has 1 aromatic carbocycles. The summed E-state index contributed by atoms with van der Waals surface area (Å²) in [5, 5.41) is 4.04. The molecule has 2 aromatic rings. The first-order chi connectivity index (χ1) is 7.50. The topological polar surface area (TPSA) is 43.8 Å². The normalized spacial score (nSPS) is 10.8. The van der Waals surface area contributed by atoms with Crippen LogP contribution in [-0.2, 0) is 7.05 Å². The van der Waals surface area contributed by atoms with Gasteiger partial charge in [0, 0.05) is 24.2 Å². The Kier molecular flexibility index (Phi) is 2.38. The number of benzene rings is 1. The summed E-state index contributed by atoms with van der Waals surface area (Å²) >= 11 is 0. The smallest absolute Gasteiger partial charge is 0.138 e. The third kappa shape index (κ3) is 1.54. The van der Waals surface area contributed by atoms with E-state index in [1.165, 1.54) is 23.7 Å². The molecule has 1 heterocycles. The zero-order chi connectivity index (χ0) is 11.9. The number of nitrogens with zero attached hydrogens (tertiary/aromatic N) is 2. The van der Waals surface area contributed by atoms with E-state index in [1.54, 1.807) is 13.1 Å². The fraction of sp³-hybridized carbons (Fsp3) is 0.182. The highest BCUT2D eigenvalue weighted by molar-refractivity contribution is 5.64. The monoisotopic (exact) mass is 223 g/mol. The Morgan fingerprint density at radius 1 is 1.31 bits per heavy atom. The lowest BCUT2D eigenvalue weighted by Gasteiger charge is -2.03. The number of nitrogens with two attached hydrogens (primary N) is 1. The van der Waals surface area contributed by atoms with Crippen molar-refractivity contribution in [1.82, 2.24) is 9.78 Å². The largest absolute Gasteiger partial charge is 0.384 e. The molecule has 0 amide bonds. The van der Waals surface area contributed by atoms with Crippen LogP contribution in [0.2, 0.25) is 0 Å². The molecule has 0 aliphatic carbocycles. The lowest BCUT2D eigenvalue weighted by atomic mass is 10.1. The highest BCUT2D eigenvalue weighted by atomic mass is 19.1. The van der Waals surface area contributed by atoms with Gasteiger partial charge in [-0.2, -0.15) is 5.10 Å². The van der Waals surface area contributed by atoms with Gasteiger partial charge in [0.15, 0.2) is 0 Å². The first-order valence-electron chi connectivity index (χ1n) is 4.75. The number of aromatic nitrogens is 2. The van der Waals surface area contributed by atoms with Crippen LogP contribution in [0, 0.1) is 18.6 Å². The van der Waals surface area contributed by atoms with Crippen LogP contribution in [0.25, 0.3) is 11.3 Å². The summed E-state index contributed by atoms with van der Waals surface area (Å²) in [7, 11) is 1.66. The maximum Gasteiger partial charge on any atom is 0.138 e. The van der Waals surface area contributed by atoms with E-state index in [0.29, 0.717) is 11.5 Å². The van der Waals surface area contributed by atoms with Crippen LogP contribution in [0.15, 0.2) is 18.2 Å². The Hall–Kier alpha value is -1.91. The van der Waals surface area contributed by atoms with E-state index in [-0.39, 0.29) is 11.1 Å². The van der Waals surface area contributed by atoms with Gasteiger partial charge in [-0.1, -0.05) is 0 Å². The van der Waals surface area contributed by atoms with Gasteiger partial charge in [0.25, 0.3) is 0 Å². The summed E-state index contributed by atoms with van der Waals surface area (Å²) in [6, 6.07) is 4.13. The van der Waals surface area contributed by atoms with Crippen molar-refractivity contribution >= 4 is 5.82 Å². The molecule has 16 heavy (non-hydrogen) atoms. The average Bonchev–Trinajstić information content (AvgIpc) is 2.56. The predicted octanol–water partition coefficient (Wildman–Crippen LogP) is 2.26. The molecule has 0 fully saturated rings. The molecule has 0 radical (unpaired) electrons. The van der Waals surface area contributed by atoms with Crippen molar-refractivity contribution in [3.05, 3.63) is 35.4 Å². The second kappa shape index (κ2) is 3.59. The molecule has 84 valence electrons. The third-order valence-corrected chi connectivity index (χ3v) is 2.51. The van der Waals surface area contributed by atoms with Crippen molar-refractivity contribution in [2.75, 3.05) is 5.73 Å². The van der Waals surface area contributed by atoms with Gasteiger partial charge in [0.2, 0.25) is 0 Å². The van der Waals surface area contributed by atoms with Crippen LogP contribution < -0.4 is 5.73 Å². The Morgan fingerprint density at radius 2 is 2.00 bits per heavy atom. The Balaban J connectivity index is 2.61. The van der Waals surface area contributed by atoms with Crippen molar-refractivity contribution in [2.45, 2.75) is 6.92 Å². The molecule has 0 saturated carbocycles. The lowest BCUT2D eigenvalue weighted by molar-refractivity contribution is 0.570. The molecule has 5 heteroatoms. The van der Waals surface area contributed by atoms with Crippen molar-refractivity contribution in [3.8, 4) is 11.3 Å². The number of anilines is 1. The Labute approximate surface area is 91.5 Å². The minimum Gasteiger partial charge on any atom is -0.384 e. The molecule has 3 nitrogen and oxygen atoms in total. The average molecular weight is 223 g/mol. The van der Waals surface area contributed by atoms with Gasteiger partial charge in [-0.3, -0.25) is 4.68 Å². The van der Waals surface area contributed by atoms with Gasteiger partial charge in [0.1, 0.15) is 17.5 Å². The van der Waals surface area contributed by atoms with Crippen molar-refractivity contribution < 1.29 is 8.78 Å². The number of hydrogen-bond donors (Lipinski definition) is 1. The van der Waals surface area contributed by atoms with Gasteiger partial charge < -0.3 is 5.73 Å². The highest BCUT2D eigenvalue weighted by Crippen LogP contribution is 2.26. The first kappa shape index (κ1) is 10.6. The Bertz CT molecular complexity index is 527. The van der Waals surface area contributed by atoms with Crippen molar-refractivity contribution in [1.29, 1.82) is 0 Å². The predicted molar refractivity (Wildman–Crippen MR) is 57.7 cm³/mol. The van der Waals surface area contributed by atoms with Gasteiger partial charge in [0.05, 0.1) is 5.69 Å². The molecule has 2 N–H and O–H groups in total. The summed E-state index contributed by atoms with van der Waals surface area (Å²) < 4.78 is 28.3. The van der Waals surface area contributed by atoms with Crippen LogP contribution in [0.5, 0.6) is 0 Å². The molecule has 0 saturated heterocycles. The van der Waals surface area contributed by atoms with E-state index >= 15 is 0 Å². The zero-order valence-corrected chi connectivity index (χ0v) is 8.96. The molecule has 0 atom stereocenters.